The van der Waals surface area contributed by atoms with Gasteiger partial charge in [-0.15, -0.1) is 11.3 Å². The van der Waals surface area contributed by atoms with Crippen LogP contribution in [-0.2, 0) is 18.4 Å². The van der Waals surface area contributed by atoms with Crippen LogP contribution in [0.3, 0.4) is 0 Å². The number of aryl methyl sites for hydroxylation is 2. The van der Waals surface area contributed by atoms with E-state index in [1.807, 2.05) is 11.4 Å². The van der Waals surface area contributed by atoms with Crippen molar-refractivity contribution in [3.05, 3.63) is 45.9 Å². The summed E-state index contributed by atoms with van der Waals surface area (Å²) in [6.45, 7) is 1.78. The van der Waals surface area contributed by atoms with Crippen LogP contribution in [0.2, 0.25) is 5.15 Å². The number of halogens is 1. The Bertz CT molecular complexity index is 808. The second-order valence-electron chi connectivity index (χ2n) is 4.57. The van der Waals surface area contributed by atoms with Crippen molar-refractivity contribution in [2.45, 2.75) is 13.5 Å². The van der Waals surface area contributed by atoms with Gasteiger partial charge in [0.2, 0.25) is 0 Å². The van der Waals surface area contributed by atoms with Gasteiger partial charge in [0, 0.05) is 12.4 Å². The minimum atomic E-state index is -0.511. The molecule has 0 unspecified atom stereocenters. The van der Waals surface area contributed by atoms with Crippen LogP contribution in [0, 0.1) is 6.92 Å². The molecule has 3 aromatic heterocycles. The molecule has 0 spiro atoms. The van der Waals surface area contributed by atoms with Crippen LogP contribution in [-0.4, -0.2) is 20.7 Å². The van der Waals surface area contributed by atoms with Gasteiger partial charge < -0.3 is 9.15 Å². The Hall–Kier alpha value is -2.12. The molecule has 0 radical (unpaired) electrons. The van der Waals surface area contributed by atoms with Crippen molar-refractivity contribution in [3.8, 4) is 10.8 Å². The Morgan fingerprint density at radius 2 is 2.36 bits per heavy atom. The van der Waals surface area contributed by atoms with E-state index < -0.39 is 5.97 Å². The molecule has 3 heterocycles. The van der Waals surface area contributed by atoms with E-state index >= 15 is 0 Å². The maximum absolute atomic E-state index is 12.1. The van der Waals surface area contributed by atoms with Crippen molar-refractivity contribution < 1.29 is 13.9 Å². The molecular weight excluding hydrogens is 326 g/mol. The van der Waals surface area contributed by atoms with Gasteiger partial charge in [-0.3, -0.25) is 4.68 Å². The van der Waals surface area contributed by atoms with Gasteiger partial charge in [-0.25, -0.2) is 9.78 Å². The van der Waals surface area contributed by atoms with Crippen molar-refractivity contribution in [1.82, 2.24) is 14.8 Å². The largest absolute Gasteiger partial charge is 0.462 e. The number of hydrogen-bond acceptors (Lipinski definition) is 6. The van der Waals surface area contributed by atoms with Crippen molar-refractivity contribution in [2.24, 2.45) is 7.05 Å². The Morgan fingerprint density at radius 1 is 1.55 bits per heavy atom. The summed E-state index contributed by atoms with van der Waals surface area (Å²) < 4.78 is 12.0. The SMILES string of the molecule is Cc1nn(C)c(Cl)c1C(=O)OCc1csc(-c2ccco2)n1. The van der Waals surface area contributed by atoms with Gasteiger partial charge in [-0.2, -0.15) is 5.10 Å². The van der Waals surface area contributed by atoms with Crippen LogP contribution < -0.4 is 0 Å². The average Bonchev–Trinajstić information content (AvgIpc) is 3.19. The number of ether oxygens (including phenoxy) is 1. The van der Waals surface area contributed by atoms with Gasteiger partial charge in [0.25, 0.3) is 0 Å². The maximum Gasteiger partial charge on any atom is 0.343 e. The highest BCUT2D eigenvalue weighted by molar-refractivity contribution is 7.13. The van der Waals surface area contributed by atoms with E-state index in [0.29, 0.717) is 17.1 Å². The van der Waals surface area contributed by atoms with Crippen LogP contribution in [0.15, 0.2) is 28.2 Å². The molecule has 0 amide bonds. The van der Waals surface area contributed by atoms with Crippen LogP contribution in [0.5, 0.6) is 0 Å². The first-order valence-corrected chi connectivity index (χ1v) is 7.66. The zero-order chi connectivity index (χ0) is 15.7. The molecule has 8 heteroatoms. The second-order valence-corrected chi connectivity index (χ2v) is 5.79. The van der Waals surface area contributed by atoms with E-state index in [1.165, 1.54) is 16.0 Å². The molecule has 3 aromatic rings. The lowest BCUT2D eigenvalue weighted by Gasteiger charge is -2.02. The van der Waals surface area contributed by atoms with Gasteiger partial charge in [-0.05, 0) is 19.1 Å². The monoisotopic (exact) mass is 337 g/mol. The van der Waals surface area contributed by atoms with Gasteiger partial charge in [0.15, 0.2) is 10.8 Å². The molecule has 0 saturated carbocycles. The summed E-state index contributed by atoms with van der Waals surface area (Å²) in [4.78, 5) is 16.5. The molecule has 6 nitrogen and oxygen atoms in total. The number of aromatic nitrogens is 3. The number of furan rings is 1. The molecule has 0 aliphatic heterocycles. The zero-order valence-corrected chi connectivity index (χ0v) is 13.4. The van der Waals surface area contributed by atoms with Crippen molar-refractivity contribution in [1.29, 1.82) is 0 Å². The summed E-state index contributed by atoms with van der Waals surface area (Å²) in [5.41, 5.74) is 1.47. The van der Waals surface area contributed by atoms with Crippen LogP contribution >= 0.6 is 22.9 Å². The first-order chi connectivity index (χ1) is 10.6. The molecule has 3 rings (SSSR count). The smallest absolute Gasteiger partial charge is 0.343 e. The molecule has 0 atom stereocenters. The summed E-state index contributed by atoms with van der Waals surface area (Å²) >= 11 is 7.46. The number of hydrogen-bond donors (Lipinski definition) is 0. The van der Waals surface area contributed by atoms with E-state index in [-0.39, 0.29) is 17.3 Å². The van der Waals surface area contributed by atoms with Gasteiger partial charge in [0.05, 0.1) is 17.7 Å². The van der Waals surface area contributed by atoms with Crippen molar-refractivity contribution >= 4 is 28.9 Å². The Morgan fingerprint density at radius 3 is 3.00 bits per heavy atom. The number of carbonyl (C=O) groups excluding carboxylic acids is 1. The number of esters is 1. The fraction of sp³-hybridized carbons (Fsp3) is 0.214. The molecule has 0 aliphatic rings. The third-order valence-corrected chi connectivity index (χ3v) is 4.33. The highest BCUT2D eigenvalue weighted by Crippen LogP contribution is 2.25. The second kappa shape index (κ2) is 5.94. The lowest BCUT2D eigenvalue weighted by atomic mass is 10.3. The van der Waals surface area contributed by atoms with Gasteiger partial charge in [-0.1, -0.05) is 11.6 Å². The standard InChI is InChI=1S/C14H12ClN3O3S/c1-8-11(12(15)18(2)17-8)14(19)21-6-9-7-22-13(16-9)10-4-3-5-20-10/h3-5,7H,6H2,1-2H3. The van der Waals surface area contributed by atoms with Gasteiger partial charge in [0.1, 0.15) is 17.3 Å². The number of nitrogens with zero attached hydrogens (tertiary/aromatic N) is 3. The predicted octanol–water partition coefficient (Wildman–Crippen LogP) is 3.46. The summed E-state index contributed by atoms with van der Waals surface area (Å²) in [6.07, 6.45) is 1.59. The quantitative estimate of drug-likeness (QED) is 0.682. The Labute approximate surface area is 135 Å². The van der Waals surface area contributed by atoms with Gasteiger partial charge >= 0.3 is 5.97 Å². The Kier molecular flexibility index (Phi) is 4.00. The summed E-state index contributed by atoms with van der Waals surface area (Å²) in [6, 6.07) is 3.62. The summed E-state index contributed by atoms with van der Waals surface area (Å²) in [5.74, 6) is 0.178. The van der Waals surface area contributed by atoms with E-state index in [2.05, 4.69) is 10.1 Å². The molecule has 0 aromatic carbocycles. The number of rotatable bonds is 4. The maximum atomic E-state index is 12.1. The first-order valence-electron chi connectivity index (χ1n) is 6.40. The molecule has 0 fully saturated rings. The fourth-order valence-corrected chi connectivity index (χ4v) is 2.98. The summed E-state index contributed by atoms with van der Waals surface area (Å²) in [5, 5.41) is 6.91. The van der Waals surface area contributed by atoms with Crippen LogP contribution in [0.25, 0.3) is 10.8 Å². The zero-order valence-electron chi connectivity index (χ0n) is 11.9. The minimum Gasteiger partial charge on any atom is -0.462 e. The molecular formula is C14H12ClN3O3S. The van der Waals surface area contributed by atoms with E-state index in [4.69, 9.17) is 20.8 Å². The molecule has 0 N–H and O–H groups in total. The lowest BCUT2D eigenvalue weighted by Crippen LogP contribution is -2.07. The van der Waals surface area contributed by atoms with E-state index in [9.17, 15) is 4.79 Å². The normalized spacial score (nSPS) is 10.9. The lowest BCUT2D eigenvalue weighted by molar-refractivity contribution is 0.0468. The predicted molar refractivity (Wildman–Crippen MR) is 81.9 cm³/mol. The topological polar surface area (TPSA) is 70.2 Å². The first kappa shape index (κ1) is 14.8. The van der Waals surface area contributed by atoms with Crippen molar-refractivity contribution in [3.63, 3.8) is 0 Å². The molecule has 0 bridgehead atoms. The molecule has 0 saturated heterocycles. The van der Waals surface area contributed by atoms with E-state index in [1.54, 1.807) is 26.3 Å². The third-order valence-electron chi connectivity index (χ3n) is 2.99. The Balaban J connectivity index is 1.69. The molecule has 0 aliphatic carbocycles. The summed E-state index contributed by atoms with van der Waals surface area (Å²) in [7, 11) is 1.67. The highest BCUT2D eigenvalue weighted by atomic mass is 35.5. The highest BCUT2D eigenvalue weighted by Gasteiger charge is 2.20. The van der Waals surface area contributed by atoms with Crippen molar-refractivity contribution in [2.75, 3.05) is 0 Å². The third kappa shape index (κ3) is 2.77. The van der Waals surface area contributed by atoms with E-state index in [0.717, 1.165) is 5.01 Å². The van der Waals surface area contributed by atoms with Crippen LogP contribution in [0.4, 0.5) is 0 Å². The van der Waals surface area contributed by atoms with Crippen LogP contribution in [0.1, 0.15) is 21.7 Å². The number of thiazole rings is 1. The minimum absolute atomic E-state index is 0.0701. The fourth-order valence-electron chi connectivity index (χ4n) is 1.96. The molecule has 114 valence electrons. The molecule has 22 heavy (non-hydrogen) atoms. The average molecular weight is 338 g/mol. The number of carbonyl (C=O) groups is 1.